The molecule has 2 N–H and O–H groups in total. The molecule has 0 saturated carbocycles. The first kappa shape index (κ1) is 15.7. The third-order valence-corrected chi connectivity index (χ3v) is 2.80. The third kappa shape index (κ3) is 4.66. The zero-order chi connectivity index (χ0) is 14.3. The van der Waals surface area contributed by atoms with Gasteiger partial charge in [-0.1, -0.05) is 17.7 Å². The molecule has 0 amide bonds. The fourth-order valence-electron chi connectivity index (χ4n) is 1.49. The highest BCUT2D eigenvalue weighted by molar-refractivity contribution is 6.32. The number of rotatable bonds is 8. The van der Waals surface area contributed by atoms with Crippen LogP contribution in [0.2, 0.25) is 5.02 Å². The van der Waals surface area contributed by atoms with Crippen LogP contribution in [0.5, 0.6) is 0 Å². The van der Waals surface area contributed by atoms with Crippen LogP contribution in [0.1, 0.15) is 6.42 Å². The number of allylic oxidation sites excluding steroid dienone is 1. The summed E-state index contributed by atoms with van der Waals surface area (Å²) >= 11 is 5.95. The first-order valence-corrected chi connectivity index (χ1v) is 6.25. The molecule has 1 aromatic rings. The number of hydrogen-bond acceptors (Lipinski definition) is 5. The monoisotopic (exact) mass is 287 g/mol. The summed E-state index contributed by atoms with van der Waals surface area (Å²) in [6, 6.07) is 0. The van der Waals surface area contributed by atoms with Crippen LogP contribution in [-0.4, -0.2) is 41.3 Å². The largest absolute Gasteiger partial charge is 0.391 e. The van der Waals surface area contributed by atoms with Crippen LogP contribution in [0.3, 0.4) is 0 Å². The fourth-order valence-corrected chi connectivity index (χ4v) is 1.70. The maximum Gasteiger partial charge on any atom is 0.287 e. The van der Waals surface area contributed by atoms with Crippen LogP contribution in [0, 0.1) is 0 Å². The maximum atomic E-state index is 11.8. The zero-order valence-electron chi connectivity index (χ0n) is 10.8. The van der Waals surface area contributed by atoms with Gasteiger partial charge in [-0.05, 0) is 6.42 Å². The summed E-state index contributed by atoms with van der Waals surface area (Å²) in [5, 5.41) is 16.5. The van der Waals surface area contributed by atoms with Crippen molar-refractivity contribution in [2.75, 3.05) is 25.6 Å². The van der Waals surface area contributed by atoms with Gasteiger partial charge in [0.2, 0.25) is 0 Å². The summed E-state index contributed by atoms with van der Waals surface area (Å²) in [5.41, 5.74) is 0.0839. The smallest absolute Gasteiger partial charge is 0.287 e. The quantitative estimate of drug-likeness (QED) is 0.695. The van der Waals surface area contributed by atoms with Crippen molar-refractivity contribution in [3.05, 3.63) is 34.2 Å². The molecule has 0 aliphatic heterocycles. The molecule has 0 aliphatic rings. The van der Waals surface area contributed by atoms with Gasteiger partial charge in [-0.15, -0.1) is 6.58 Å². The lowest BCUT2D eigenvalue weighted by Crippen LogP contribution is -2.24. The standard InChI is InChI=1S/C12H18ClN3O3/c1-3-6-16-12(18)11(13)10(7-15-16)14-5-4-9(17)8-19-2/h3,7,9,14,17H,1,4-6,8H2,2H3. The second-order valence-corrected chi connectivity index (χ2v) is 4.35. The van der Waals surface area contributed by atoms with Crippen LogP contribution in [0.4, 0.5) is 5.69 Å². The Kier molecular flexibility index (Phi) is 6.55. The molecule has 1 atom stereocenters. The average molecular weight is 288 g/mol. The minimum Gasteiger partial charge on any atom is -0.391 e. The van der Waals surface area contributed by atoms with Gasteiger partial charge < -0.3 is 15.2 Å². The highest BCUT2D eigenvalue weighted by atomic mass is 35.5. The normalized spacial score (nSPS) is 12.2. The van der Waals surface area contributed by atoms with Gasteiger partial charge in [0.1, 0.15) is 5.02 Å². The molecule has 1 aromatic heterocycles. The number of nitrogens with one attached hydrogen (secondary N) is 1. The van der Waals surface area contributed by atoms with Gasteiger partial charge in [0.15, 0.2) is 0 Å². The molecule has 1 rings (SSSR count). The molecule has 6 nitrogen and oxygen atoms in total. The fraction of sp³-hybridized carbons (Fsp3) is 0.500. The van der Waals surface area contributed by atoms with E-state index in [1.807, 2.05) is 0 Å². The first-order chi connectivity index (χ1) is 9.10. The van der Waals surface area contributed by atoms with Crippen LogP contribution in [0.15, 0.2) is 23.6 Å². The Balaban J connectivity index is 2.62. The third-order valence-electron chi connectivity index (χ3n) is 2.44. The van der Waals surface area contributed by atoms with Gasteiger partial charge in [0, 0.05) is 13.7 Å². The summed E-state index contributed by atoms with van der Waals surface area (Å²) < 4.78 is 6.04. The van der Waals surface area contributed by atoms with E-state index in [0.717, 1.165) is 0 Å². The van der Waals surface area contributed by atoms with E-state index in [-0.39, 0.29) is 17.2 Å². The lowest BCUT2D eigenvalue weighted by Gasteiger charge is -2.12. The maximum absolute atomic E-state index is 11.8. The molecule has 19 heavy (non-hydrogen) atoms. The summed E-state index contributed by atoms with van der Waals surface area (Å²) in [4.78, 5) is 11.8. The number of aromatic nitrogens is 2. The number of hydrogen-bond donors (Lipinski definition) is 2. The number of nitrogens with zero attached hydrogens (tertiary/aromatic N) is 2. The molecule has 0 radical (unpaired) electrons. The SMILES string of the molecule is C=CCn1ncc(NCCC(O)COC)c(Cl)c1=O. The minimum absolute atomic E-state index is 0.0816. The number of halogens is 1. The molecule has 1 heterocycles. The predicted molar refractivity (Wildman–Crippen MR) is 74.7 cm³/mol. The molecular formula is C12H18ClN3O3. The molecule has 7 heteroatoms. The van der Waals surface area contributed by atoms with Gasteiger partial charge in [-0.2, -0.15) is 5.10 Å². The van der Waals surface area contributed by atoms with E-state index >= 15 is 0 Å². The van der Waals surface area contributed by atoms with E-state index in [4.69, 9.17) is 16.3 Å². The van der Waals surface area contributed by atoms with Crippen molar-refractivity contribution in [3.8, 4) is 0 Å². The Morgan fingerprint density at radius 3 is 3.11 bits per heavy atom. The van der Waals surface area contributed by atoms with Crippen molar-refractivity contribution in [2.45, 2.75) is 19.1 Å². The molecule has 0 fully saturated rings. The number of aliphatic hydroxyl groups is 1. The Morgan fingerprint density at radius 2 is 2.47 bits per heavy atom. The molecule has 1 unspecified atom stereocenters. The second-order valence-electron chi connectivity index (χ2n) is 3.97. The van der Waals surface area contributed by atoms with Crippen molar-refractivity contribution in [1.82, 2.24) is 9.78 Å². The van der Waals surface area contributed by atoms with Crippen molar-refractivity contribution in [2.24, 2.45) is 0 Å². The van der Waals surface area contributed by atoms with Gasteiger partial charge in [-0.3, -0.25) is 4.79 Å². The first-order valence-electron chi connectivity index (χ1n) is 5.87. The highest BCUT2D eigenvalue weighted by Crippen LogP contribution is 2.15. The van der Waals surface area contributed by atoms with Crippen molar-refractivity contribution in [3.63, 3.8) is 0 Å². The molecule has 0 aromatic carbocycles. The minimum atomic E-state index is -0.551. The van der Waals surface area contributed by atoms with E-state index < -0.39 is 6.10 Å². The number of ether oxygens (including phenoxy) is 1. The molecular weight excluding hydrogens is 270 g/mol. The summed E-state index contributed by atoms with van der Waals surface area (Å²) in [6.07, 6.45) is 2.99. The van der Waals surface area contributed by atoms with Gasteiger partial charge in [-0.25, -0.2) is 4.68 Å². The summed E-state index contributed by atoms with van der Waals surface area (Å²) in [6.45, 7) is 4.59. The van der Waals surface area contributed by atoms with Crippen LogP contribution >= 0.6 is 11.6 Å². The number of aliphatic hydroxyl groups excluding tert-OH is 1. The van der Waals surface area contributed by atoms with Gasteiger partial charge in [0.05, 0.1) is 31.1 Å². The van der Waals surface area contributed by atoms with Crippen LogP contribution in [-0.2, 0) is 11.3 Å². The lowest BCUT2D eigenvalue weighted by molar-refractivity contribution is 0.0615. The van der Waals surface area contributed by atoms with Crippen molar-refractivity contribution >= 4 is 17.3 Å². The summed E-state index contributed by atoms with van der Waals surface area (Å²) in [5.74, 6) is 0. The van der Waals surface area contributed by atoms with E-state index in [1.54, 1.807) is 6.08 Å². The van der Waals surface area contributed by atoms with Gasteiger partial charge in [0.25, 0.3) is 5.56 Å². The van der Waals surface area contributed by atoms with Crippen LogP contribution in [0.25, 0.3) is 0 Å². The Morgan fingerprint density at radius 1 is 1.74 bits per heavy atom. The Labute approximate surface area is 116 Å². The zero-order valence-corrected chi connectivity index (χ0v) is 11.6. The molecule has 0 saturated heterocycles. The molecule has 106 valence electrons. The Bertz CT molecular complexity index is 476. The lowest BCUT2D eigenvalue weighted by atomic mass is 10.2. The van der Waals surface area contributed by atoms with Gasteiger partial charge >= 0.3 is 0 Å². The number of anilines is 1. The predicted octanol–water partition coefficient (Wildman–Crippen LogP) is 0.892. The number of methoxy groups -OCH3 is 1. The van der Waals surface area contributed by atoms with E-state index in [1.165, 1.54) is 18.0 Å². The molecule has 0 aliphatic carbocycles. The Hall–Kier alpha value is -1.37. The molecule has 0 bridgehead atoms. The van der Waals surface area contributed by atoms with E-state index in [2.05, 4.69) is 17.0 Å². The van der Waals surface area contributed by atoms with Crippen LogP contribution < -0.4 is 10.9 Å². The average Bonchev–Trinajstić information content (AvgIpc) is 2.38. The van der Waals surface area contributed by atoms with Crippen molar-refractivity contribution < 1.29 is 9.84 Å². The van der Waals surface area contributed by atoms with Crippen molar-refractivity contribution in [1.29, 1.82) is 0 Å². The summed E-state index contributed by atoms with van der Waals surface area (Å²) in [7, 11) is 1.52. The second kappa shape index (κ2) is 7.93. The highest BCUT2D eigenvalue weighted by Gasteiger charge is 2.09. The molecule has 0 spiro atoms. The van der Waals surface area contributed by atoms with E-state index in [0.29, 0.717) is 25.2 Å². The van der Waals surface area contributed by atoms with E-state index in [9.17, 15) is 9.90 Å². The topological polar surface area (TPSA) is 76.4 Å².